The van der Waals surface area contributed by atoms with E-state index in [-0.39, 0.29) is 19.4 Å². The van der Waals surface area contributed by atoms with Gasteiger partial charge < -0.3 is 24.6 Å². The zero-order valence-electron chi connectivity index (χ0n) is 36.5. The number of allylic oxidation sites excluding steroid dienone is 10. The third kappa shape index (κ3) is 41.8. The Morgan fingerprint density at radius 1 is 0.517 bits per heavy atom. The second-order valence-electron chi connectivity index (χ2n) is 15.1. The van der Waals surface area contributed by atoms with Gasteiger partial charge in [-0.2, -0.15) is 0 Å². The van der Waals surface area contributed by atoms with Crippen LogP contribution in [0, 0.1) is 0 Å². The molecule has 3 atom stereocenters. The number of unbranched alkanes of at least 4 members (excludes halogenated alkanes) is 18. The molecule has 0 aliphatic heterocycles. The minimum absolute atomic E-state index is 0.118. The van der Waals surface area contributed by atoms with E-state index in [1.807, 2.05) is 12.2 Å². The molecule has 0 rings (SSSR count). The van der Waals surface area contributed by atoms with Crippen molar-refractivity contribution >= 4 is 19.8 Å². The van der Waals surface area contributed by atoms with Crippen LogP contribution in [0.15, 0.2) is 60.8 Å². The van der Waals surface area contributed by atoms with E-state index in [0.717, 1.165) is 44.9 Å². The van der Waals surface area contributed by atoms with E-state index in [9.17, 15) is 24.2 Å². The minimum Gasteiger partial charge on any atom is -0.462 e. The highest BCUT2D eigenvalue weighted by atomic mass is 31.2. The van der Waals surface area contributed by atoms with Crippen LogP contribution in [0.4, 0.5) is 0 Å². The van der Waals surface area contributed by atoms with E-state index in [2.05, 4.69) is 67.0 Å². The number of phosphoric acid groups is 1. The first kappa shape index (κ1) is 55.7. The van der Waals surface area contributed by atoms with Crippen molar-refractivity contribution in [1.29, 1.82) is 0 Å². The van der Waals surface area contributed by atoms with Crippen LogP contribution < -0.4 is 0 Å². The molecule has 0 saturated heterocycles. The number of phosphoric ester groups is 1. The number of aliphatic hydroxyl groups is 2. The third-order valence-electron chi connectivity index (χ3n) is 9.44. The molecule has 0 aliphatic carbocycles. The van der Waals surface area contributed by atoms with Crippen molar-refractivity contribution < 1.29 is 47.8 Å². The van der Waals surface area contributed by atoms with Gasteiger partial charge in [-0.1, -0.05) is 184 Å². The Morgan fingerprint density at radius 3 is 1.41 bits per heavy atom. The van der Waals surface area contributed by atoms with Gasteiger partial charge in [0.2, 0.25) is 0 Å². The Labute approximate surface area is 353 Å². The summed E-state index contributed by atoms with van der Waals surface area (Å²) in [5.74, 6) is -1.02. The molecule has 336 valence electrons. The molecule has 0 aromatic rings. The van der Waals surface area contributed by atoms with Gasteiger partial charge in [0.05, 0.1) is 19.8 Å². The van der Waals surface area contributed by atoms with E-state index in [4.69, 9.17) is 19.1 Å². The maximum atomic E-state index is 12.6. The zero-order chi connectivity index (χ0) is 42.6. The van der Waals surface area contributed by atoms with Crippen LogP contribution in [0.25, 0.3) is 0 Å². The van der Waals surface area contributed by atoms with Crippen LogP contribution in [-0.4, -0.2) is 65.7 Å². The number of aliphatic hydroxyl groups excluding tert-OH is 2. The van der Waals surface area contributed by atoms with Crippen molar-refractivity contribution in [1.82, 2.24) is 0 Å². The molecule has 10 nitrogen and oxygen atoms in total. The highest BCUT2D eigenvalue weighted by molar-refractivity contribution is 7.47. The minimum atomic E-state index is -4.63. The monoisotopic (exact) mass is 839 g/mol. The maximum Gasteiger partial charge on any atom is 0.472 e. The molecule has 0 bridgehead atoms. The maximum absolute atomic E-state index is 12.6. The van der Waals surface area contributed by atoms with Crippen molar-refractivity contribution in [2.24, 2.45) is 0 Å². The topological polar surface area (TPSA) is 149 Å². The highest BCUT2D eigenvalue weighted by Crippen LogP contribution is 2.43. The summed E-state index contributed by atoms with van der Waals surface area (Å²) in [5, 5.41) is 18.3. The van der Waals surface area contributed by atoms with Gasteiger partial charge in [-0.25, -0.2) is 4.57 Å². The summed E-state index contributed by atoms with van der Waals surface area (Å²) < 4.78 is 32.7. The molecule has 0 saturated carbocycles. The standard InChI is InChI=1S/C47H83O10P/c1-3-5-7-9-11-13-15-17-19-21-22-23-25-26-28-30-32-34-36-38-46(50)54-42-45(43-56-58(52,53)55-41-44(49)40-48)57-47(51)39-37-35-33-31-29-27-24-20-18-16-14-12-10-8-6-4-2/h11,13,17,19,22-23,26,28,32,34,44-45,48-49H,3-10,12,14-16,18,20-21,24-25,27,29-31,33,35-43H2,1-2H3,(H,52,53)/b13-11+,19-17+,23-22+,28-26+,34-32+/t44-,45+/m0/s1. The number of ether oxygens (including phenoxy) is 2. The highest BCUT2D eigenvalue weighted by Gasteiger charge is 2.27. The summed E-state index contributed by atoms with van der Waals surface area (Å²) in [6.07, 6.45) is 47.7. The lowest BCUT2D eigenvalue weighted by Crippen LogP contribution is -2.29. The van der Waals surface area contributed by atoms with E-state index >= 15 is 0 Å². The fourth-order valence-corrected chi connectivity index (χ4v) is 6.71. The molecule has 0 aliphatic rings. The van der Waals surface area contributed by atoms with E-state index in [1.54, 1.807) is 0 Å². The van der Waals surface area contributed by atoms with Gasteiger partial charge in [-0.3, -0.25) is 18.6 Å². The molecule has 58 heavy (non-hydrogen) atoms. The van der Waals surface area contributed by atoms with Crippen molar-refractivity contribution in [3.63, 3.8) is 0 Å². The molecule has 0 spiro atoms. The quantitative estimate of drug-likeness (QED) is 0.0235. The second-order valence-corrected chi connectivity index (χ2v) is 16.5. The Morgan fingerprint density at radius 2 is 0.931 bits per heavy atom. The summed E-state index contributed by atoms with van der Waals surface area (Å²) in [6.45, 7) is 2.28. The van der Waals surface area contributed by atoms with E-state index in [1.165, 1.54) is 103 Å². The van der Waals surface area contributed by atoms with Crippen LogP contribution in [0.5, 0.6) is 0 Å². The lowest BCUT2D eigenvalue weighted by atomic mass is 10.0. The number of hydrogen-bond acceptors (Lipinski definition) is 9. The van der Waals surface area contributed by atoms with Gasteiger partial charge >= 0.3 is 19.8 Å². The molecule has 0 amide bonds. The average molecular weight is 839 g/mol. The van der Waals surface area contributed by atoms with Crippen LogP contribution in [0.2, 0.25) is 0 Å². The van der Waals surface area contributed by atoms with Crippen molar-refractivity contribution in [2.75, 3.05) is 26.4 Å². The summed E-state index contributed by atoms with van der Waals surface area (Å²) in [7, 11) is -4.63. The van der Waals surface area contributed by atoms with Gasteiger partial charge in [-0.15, -0.1) is 0 Å². The normalized spacial score (nSPS) is 14.4. The molecule has 0 fully saturated rings. The molecular formula is C47H83O10P. The van der Waals surface area contributed by atoms with Crippen LogP contribution in [0.3, 0.4) is 0 Å². The summed E-state index contributed by atoms with van der Waals surface area (Å²) in [6, 6.07) is 0. The number of hydrogen-bond donors (Lipinski definition) is 3. The first-order chi connectivity index (χ1) is 28.2. The van der Waals surface area contributed by atoms with E-state index < -0.39 is 51.8 Å². The van der Waals surface area contributed by atoms with Gasteiger partial charge in [0, 0.05) is 12.8 Å². The smallest absolute Gasteiger partial charge is 0.462 e. The summed E-state index contributed by atoms with van der Waals surface area (Å²) in [4.78, 5) is 35.0. The Bertz CT molecular complexity index is 1150. The largest absolute Gasteiger partial charge is 0.472 e. The SMILES string of the molecule is CCCCC/C=C/C/C=C/C/C=C/C/C=C/C/C=C/CCC(=O)OC[C@H](COP(=O)(O)OC[C@@H](O)CO)OC(=O)CCCCCCCCCCCCCCCCCC. The molecule has 11 heteroatoms. The van der Waals surface area contributed by atoms with Crippen molar-refractivity contribution in [3.05, 3.63) is 60.8 Å². The summed E-state index contributed by atoms with van der Waals surface area (Å²) in [5.41, 5.74) is 0. The average Bonchev–Trinajstić information content (AvgIpc) is 3.21. The number of carbonyl (C=O) groups is 2. The predicted molar refractivity (Wildman–Crippen MR) is 237 cm³/mol. The van der Waals surface area contributed by atoms with Gasteiger partial charge in [0.15, 0.2) is 6.10 Å². The lowest BCUT2D eigenvalue weighted by molar-refractivity contribution is -0.161. The van der Waals surface area contributed by atoms with Crippen LogP contribution in [-0.2, 0) is 32.7 Å². The van der Waals surface area contributed by atoms with Crippen LogP contribution >= 0.6 is 7.82 Å². The van der Waals surface area contributed by atoms with Gasteiger partial charge in [-0.05, 0) is 51.4 Å². The number of esters is 2. The molecular weight excluding hydrogens is 755 g/mol. The lowest BCUT2D eigenvalue weighted by Gasteiger charge is -2.20. The second kappa shape index (κ2) is 42.8. The van der Waals surface area contributed by atoms with Crippen molar-refractivity contribution in [2.45, 2.75) is 199 Å². The molecule has 0 aromatic heterocycles. The third-order valence-corrected chi connectivity index (χ3v) is 10.4. The molecule has 0 aromatic carbocycles. The Kier molecular flexibility index (Phi) is 41.1. The van der Waals surface area contributed by atoms with Crippen LogP contribution in [0.1, 0.15) is 187 Å². The summed E-state index contributed by atoms with van der Waals surface area (Å²) >= 11 is 0. The molecule has 0 heterocycles. The Balaban J connectivity index is 4.38. The first-order valence-corrected chi connectivity index (χ1v) is 24.2. The number of carbonyl (C=O) groups excluding carboxylic acids is 2. The van der Waals surface area contributed by atoms with Gasteiger partial charge in [0.1, 0.15) is 12.7 Å². The molecule has 3 N–H and O–H groups in total. The molecule has 0 radical (unpaired) electrons. The Hall–Kier alpha value is -2.33. The van der Waals surface area contributed by atoms with Gasteiger partial charge in [0.25, 0.3) is 0 Å². The zero-order valence-corrected chi connectivity index (χ0v) is 37.4. The van der Waals surface area contributed by atoms with E-state index in [0.29, 0.717) is 12.8 Å². The fraction of sp³-hybridized carbons (Fsp3) is 0.745. The number of rotatable bonds is 42. The predicted octanol–water partition coefficient (Wildman–Crippen LogP) is 12.3. The van der Waals surface area contributed by atoms with Crippen molar-refractivity contribution in [3.8, 4) is 0 Å². The fourth-order valence-electron chi connectivity index (χ4n) is 5.92. The molecule has 1 unspecified atom stereocenters. The first-order valence-electron chi connectivity index (χ1n) is 22.7.